The zero-order valence-corrected chi connectivity index (χ0v) is 37.1. The lowest BCUT2D eigenvalue weighted by Crippen LogP contribution is -2.65. The fourth-order valence-corrected chi connectivity index (χ4v) is 12.1. The maximum atomic E-state index is 6.83. The average molecular weight is 888 g/mol. The van der Waals surface area contributed by atoms with Crippen LogP contribution in [0.25, 0.3) is 0 Å². The van der Waals surface area contributed by atoms with Gasteiger partial charge in [0.15, 0.2) is 15.5 Å². The lowest BCUT2D eigenvalue weighted by Gasteiger charge is -2.43. The summed E-state index contributed by atoms with van der Waals surface area (Å²) in [5.41, 5.74) is 12.5. The third-order valence-electron chi connectivity index (χ3n) is 12.2. The molecule has 6 aliphatic heterocycles. The van der Waals surface area contributed by atoms with Crippen molar-refractivity contribution in [1.29, 1.82) is 0 Å². The van der Waals surface area contributed by atoms with Crippen LogP contribution in [0.15, 0.2) is 88.3 Å². The Morgan fingerprint density at radius 1 is 0.475 bits per heavy atom. The molecule has 0 fully saturated rings. The number of aromatic nitrogens is 6. The highest BCUT2D eigenvalue weighted by atomic mass is 32.2. The third-order valence-corrected chi connectivity index (χ3v) is 15.3. The van der Waals surface area contributed by atoms with Gasteiger partial charge in [-0.3, -0.25) is 8.61 Å². The summed E-state index contributed by atoms with van der Waals surface area (Å²) in [6.45, 7) is -0.601. The van der Waals surface area contributed by atoms with E-state index in [0.29, 0.717) is 33.1 Å². The number of hydrogen-bond acceptors (Lipinski definition) is 17. The van der Waals surface area contributed by atoms with E-state index in [-0.39, 0.29) is 20.1 Å². The van der Waals surface area contributed by atoms with Crippen LogP contribution in [0.1, 0.15) is 0 Å². The average Bonchev–Trinajstić information content (AvgIpc) is 3.29. The Morgan fingerprint density at radius 3 is 1.57 bits per heavy atom. The van der Waals surface area contributed by atoms with Crippen LogP contribution in [0.2, 0.25) is 0 Å². The number of hydrogen-bond donors (Lipinski definition) is 1. The van der Waals surface area contributed by atoms with Crippen LogP contribution in [-0.4, -0.2) is 81.3 Å². The van der Waals surface area contributed by atoms with Crippen LogP contribution >= 0.6 is 59.2 Å². The molecule has 0 aliphatic carbocycles. The first-order valence-corrected chi connectivity index (χ1v) is 25.4. The van der Waals surface area contributed by atoms with Crippen molar-refractivity contribution in [2.45, 2.75) is 15.5 Å². The van der Waals surface area contributed by atoms with Gasteiger partial charge in [0.25, 0.3) is 20.1 Å². The lowest BCUT2D eigenvalue weighted by atomic mass is 9.30. The highest BCUT2D eigenvalue weighted by Gasteiger charge is 2.50. The molecular weight excluding hydrogens is 859 g/mol. The normalized spacial score (nSPS) is 14.7. The smallest absolute Gasteiger partial charge is 0.265 e. The van der Waals surface area contributed by atoms with Crippen molar-refractivity contribution in [3.63, 3.8) is 0 Å². The standard InChI is InChI=1S/C41H28B3N9O3S5/c1-57-39-46-33-30-36(49-39)54-27-12-8-6-10-18(27)42(30)20-14-21-25(16-24(20)45-33)52(60-4)34-31-35(48-40(47-34)58-2)53(61-5)26-17-29-23(15-22(26)44(21)31)43-19-11-7-9-13-28(19)55-37-32(43)38(56-29)51-41(50-37)59-3/h6-17H,1-5H3,(H,45,46,49). The van der Waals surface area contributed by atoms with Crippen LogP contribution in [0, 0.1) is 0 Å². The molecule has 0 amide bonds. The highest BCUT2D eigenvalue weighted by molar-refractivity contribution is 8.00. The number of nitrogens with one attached hydrogen (secondary N) is 1. The van der Waals surface area contributed by atoms with Crippen molar-refractivity contribution in [1.82, 2.24) is 29.9 Å². The van der Waals surface area contributed by atoms with Gasteiger partial charge in [-0.2, -0.15) is 15.0 Å². The van der Waals surface area contributed by atoms with Gasteiger partial charge in [-0.1, -0.05) is 83.8 Å². The van der Waals surface area contributed by atoms with E-state index in [4.69, 9.17) is 44.1 Å². The number of ether oxygens (including phenoxy) is 3. The van der Waals surface area contributed by atoms with Crippen LogP contribution < -0.4 is 77.3 Å². The first-order chi connectivity index (χ1) is 30.0. The molecule has 3 aromatic heterocycles. The van der Waals surface area contributed by atoms with E-state index >= 15 is 0 Å². The van der Waals surface area contributed by atoms with E-state index in [9.17, 15) is 0 Å². The Bertz CT molecular complexity index is 2930. The molecule has 7 aromatic rings. The minimum absolute atomic E-state index is 0.159. The van der Waals surface area contributed by atoms with E-state index < -0.39 is 0 Å². The van der Waals surface area contributed by atoms with Crippen molar-refractivity contribution in [2.24, 2.45) is 0 Å². The summed E-state index contributed by atoms with van der Waals surface area (Å²) in [6, 6.07) is 25.7. The first kappa shape index (κ1) is 36.5. The molecule has 61 heavy (non-hydrogen) atoms. The molecule has 12 nitrogen and oxygen atoms in total. The van der Waals surface area contributed by atoms with Gasteiger partial charge < -0.3 is 19.5 Å². The second-order valence-corrected chi connectivity index (χ2v) is 18.8. The zero-order chi connectivity index (χ0) is 40.8. The number of anilines is 6. The van der Waals surface area contributed by atoms with Crippen LogP contribution in [0.5, 0.6) is 34.9 Å². The molecule has 1 N–H and O–H groups in total. The molecule has 0 unspecified atom stereocenters. The summed E-state index contributed by atoms with van der Waals surface area (Å²) in [4.78, 5) is 30.2. The van der Waals surface area contributed by atoms with E-state index in [0.717, 1.165) is 101 Å². The molecule has 0 bridgehead atoms. The molecule has 0 spiro atoms. The second-order valence-electron chi connectivity index (χ2n) is 15.0. The van der Waals surface area contributed by atoms with Crippen LogP contribution in [0.3, 0.4) is 0 Å². The van der Waals surface area contributed by atoms with Crippen molar-refractivity contribution >= 4 is 163 Å². The quantitative estimate of drug-likeness (QED) is 0.117. The summed E-state index contributed by atoms with van der Waals surface area (Å²) in [5, 5.41) is 5.68. The number of thioether (sulfide) groups is 3. The third kappa shape index (κ3) is 5.01. The number of fused-ring (bicyclic) bond motifs is 12. The van der Waals surface area contributed by atoms with Gasteiger partial charge in [0.2, 0.25) is 17.6 Å². The van der Waals surface area contributed by atoms with Crippen LogP contribution in [-0.2, 0) is 0 Å². The summed E-state index contributed by atoms with van der Waals surface area (Å²) >= 11 is 7.77. The summed E-state index contributed by atoms with van der Waals surface area (Å²) in [5.74, 6) is 6.46. The molecule has 6 aliphatic rings. The Kier molecular flexibility index (Phi) is 8.04. The number of benzene rings is 4. The van der Waals surface area contributed by atoms with E-state index in [1.54, 1.807) is 35.7 Å². The van der Waals surface area contributed by atoms with Crippen molar-refractivity contribution in [3.05, 3.63) is 72.8 Å². The SMILES string of the molecule is CSc1nc2c3c(n1)Oc1ccccc1B3c1cc3c(cc1N2)N(SC)c1nc(SC)nc2c1B3c1cc3c(cc1N2SC)Oc1nc(SC)nc2c1B3c1ccccc1O2. The molecule has 4 aromatic carbocycles. The fraction of sp³-hybridized carbons (Fsp3) is 0.122. The van der Waals surface area contributed by atoms with Crippen molar-refractivity contribution < 1.29 is 14.2 Å². The Morgan fingerprint density at radius 2 is 0.967 bits per heavy atom. The first-order valence-electron chi connectivity index (χ1n) is 19.4. The number of para-hydroxylation sites is 2. The maximum Gasteiger partial charge on any atom is 0.265 e. The van der Waals surface area contributed by atoms with Gasteiger partial charge in [0.05, 0.1) is 16.8 Å². The van der Waals surface area contributed by atoms with E-state index in [1.165, 1.54) is 23.5 Å². The zero-order valence-electron chi connectivity index (χ0n) is 33.0. The number of rotatable bonds is 5. The van der Waals surface area contributed by atoms with Crippen LogP contribution in [0.4, 0.5) is 34.5 Å². The second kappa shape index (κ2) is 13.4. The monoisotopic (exact) mass is 887 g/mol. The topological polar surface area (TPSA) is 124 Å². The molecule has 294 valence electrons. The summed E-state index contributed by atoms with van der Waals surface area (Å²) < 4.78 is 24.3. The molecule has 0 atom stereocenters. The van der Waals surface area contributed by atoms with E-state index in [2.05, 4.69) is 75.0 Å². The fourth-order valence-electron chi connectivity index (χ4n) is 9.74. The predicted octanol–water partition coefficient (Wildman–Crippen LogP) is 3.60. The highest BCUT2D eigenvalue weighted by Crippen LogP contribution is 2.44. The lowest BCUT2D eigenvalue weighted by molar-refractivity contribution is 0.429. The van der Waals surface area contributed by atoms with Crippen molar-refractivity contribution in [2.75, 3.05) is 45.2 Å². The predicted molar refractivity (Wildman–Crippen MR) is 256 cm³/mol. The molecule has 13 rings (SSSR count). The molecule has 9 heterocycles. The number of nitrogens with zero attached hydrogens (tertiary/aromatic N) is 8. The van der Waals surface area contributed by atoms with Gasteiger partial charge in [0.1, 0.15) is 34.7 Å². The van der Waals surface area contributed by atoms with Gasteiger partial charge in [-0.25, -0.2) is 15.0 Å². The van der Waals surface area contributed by atoms with Gasteiger partial charge in [-0.15, -0.1) is 0 Å². The molecular formula is C41H28B3N9O3S5. The minimum atomic E-state index is -0.231. The van der Waals surface area contributed by atoms with Gasteiger partial charge >= 0.3 is 0 Å². The maximum absolute atomic E-state index is 6.83. The summed E-state index contributed by atoms with van der Waals surface area (Å²) in [6.07, 6.45) is 10.2. The molecule has 20 heteroatoms. The summed E-state index contributed by atoms with van der Waals surface area (Å²) in [7, 11) is 0. The van der Waals surface area contributed by atoms with E-state index in [1.807, 2.05) is 43.0 Å². The Balaban J connectivity index is 1.09. The molecule has 0 radical (unpaired) electrons. The largest absolute Gasteiger partial charge is 0.440 e. The molecule has 0 saturated heterocycles. The minimum Gasteiger partial charge on any atom is -0.440 e. The molecule has 0 saturated carbocycles. The van der Waals surface area contributed by atoms with Gasteiger partial charge in [0, 0.05) is 35.2 Å². The van der Waals surface area contributed by atoms with Gasteiger partial charge in [-0.05, 0) is 93.6 Å². The Labute approximate surface area is 373 Å². The van der Waals surface area contributed by atoms with Crippen molar-refractivity contribution in [3.8, 4) is 34.9 Å². The Hall–Kier alpha value is -5.14.